The number of aromatic nitrogens is 1. The minimum atomic E-state index is -0.731. The number of carbonyl (C=O) groups is 2. The summed E-state index contributed by atoms with van der Waals surface area (Å²) in [7, 11) is 0. The number of ether oxygens (including phenoxy) is 3. The summed E-state index contributed by atoms with van der Waals surface area (Å²) in [6.07, 6.45) is -0.731. The van der Waals surface area contributed by atoms with Crippen molar-refractivity contribution in [3.8, 4) is 6.07 Å². The SMILES string of the molecule is CCOC(=O)CN(C(=O)c1cc2cccc(C#N)c2n1Cc1ccccc1)C(C(C)C)C(OCC)OCC. The van der Waals surface area contributed by atoms with E-state index in [4.69, 9.17) is 14.2 Å². The zero-order valence-corrected chi connectivity index (χ0v) is 22.8. The zero-order chi connectivity index (χ0) is 27.7. The molecule has 0 fully saturated rings. The summed E-state index contributed by atoms with van der Waals surface area (Å²) in [6, 6.07) is 18.7. The molecule has 0 bridgehead atoms. The average Bonchev–Trinajstić information content (AvgIpc) is 3.27. The first kappa shape index (κ1) is 28.9. The Morgan fingerprint density at radius 3 is 2.24 bits per heavy atom. The minimum Gasteiger partial charge on any atom is -0.465 e. The first-order chi connectivity index (χ1) is 18.4. The molecule has 0 spiro atoms. The number of fused-ring (bicyclic) bond motifs is 1. The molecule has 0 aliphatic carbocycles. The van der Waals surface area contributed by atoms with E-state index >= 15 is 0 Å². The standard InChI is InChI=1S/C30H37N3O5/c1-6-36-26(34)20-33(27(21(4)5)30(37-7-2)38-8-3)29(35)25-17-23-15-12-16-24(18-31)28(23)32(25)19-22-13-10-9-11-14-22/h9-17,21,27,30H,6-8,19-20H2,1-5H3. The summed E-state index contributed by atoms with van der Waals surface area (Å²) >= 11 is 0. The van der Waals surface area contributed by atoms with Gasteiger partial charge in [-0.2, -0.15) is 5.26 Å². The Hall–Kier alpha value is -3.67. The second kappa shape index (κ2) is 13.8. The fourth-order valence-corrected chi connectivity index (χ4v) is 4.72. The van der Waals surface area contributed by atoms with Crippen LogP contribution in [-0.4, -0.2) is 60.0 Å². The molecular weight excluding hydrogens is 482 g/mol. The molecule has 3 aromatic rings. The first-order valence-electron chi connectivity index (χ1n) is 13.1. The number of hydrogen-bond acceptors (Lipinski definition) is 6. The number of hydrogen-bond donors (Lipinski definition) is 0. The number of para-hydroxylation sites is 1. The molecule has 1 aromatic heterocycles. The highest BCUT2D eigenvalue weighted by Crippen LogP contribution is 2.28. The van der Waals surface area contributed by atoms with Crippen molar-refractivity contribution >= 4 is 22.8 Å². The van der Waals surface area contributed by atoms with Gasteiger partial charge in [0.2, 0.25) is 0 Å². The molecule has 1 atom stereocenters. The van der Waals surface area contributed by atoms with Crippen molar-refractivity contribution in [1.29, 1.82) is 5.26 Å². The lowest BCUT2D eigenvalue weighted by Gasteiger charge is -2.38. The van der Waals surface area contributed by atoms with Crippen LogP contribution >= 0.6 is 0 Å². The number of carbonyl (C=O) groups excluding carboxylic acids is 2. The van der Waals surface area contributed by atoms with E-state index in [1.54, 1.807) is 25.1 Å². The van der Waals surface area contributed by atoms with Crippen LogP contribution in [0.1, 0.15) is 56.2 Å². The lowest BCUT2D eigenvalue weighted by Crippen LogP contribution is -2.54. The second-order valence-corrected chi connectivity index (χ2v) is 9.21. The van der Waals surface area contributed by atoms with Crippen molar-refractivity contribution in [1.82, 2.24) is 9.47 Å². The van der Waals surface area contributed by atoms with Crippen molar-refractivity contribution in [2.45, 2.75) is 53.5 Å². The Morgan fingerprint density at radius 1 is 0.974 bits per heavy atom. The van der Waals surface area contributed by atoms with Gasteiger partial charge in [0.05, 0.1) is 23.7 Å². The molecule has 1 amide bonds. The molecule has 2 aromatic carbocycles. The summed E-state index contributed by atoms with van der Waals surface area (Å²) in [5.74, 6) is -0.975. The maximum atomic E-state index is 14.4. The van der Waals surface area contributed by atoms with E-state index in [1.165, 1.54) is 4.90 Å². The Kier molecular flexibility index (Phi) is 10.5. The Labute approximate surface area is 224 Å². The molecule has 1 unspecified atom stereocenters. The number of amides is 1. The van der Waals surface area contributed by atoms with Crippen LogP contribution in [0.4, 0.5) is 0 Å². The normalized spacial score (nSPS) is 12.1. The predicted octanol–water partition coefficient (Wildman–Crippen LogP) is 4.99. The van der Waals surface area contributed by atoms with Crippen LogP contribution < -0.4 is 0 Å². The quantitative estimate of drug-likeness (QED) is 0.233. The third kappa shape index (κ3) is 6.60. The van der Waals surface area contributed by atoms with E-state index in [0.29, 0.717) is 36.5 Å². The number of rotatable bonds is 13. The summed E-state index contributed by atoms with van der Waals surface area (Å²) < 4.78 is 18.9. The molecule has 0 saturated heterocycles. The molecule has 0 N–H and O–H groups in total. The lowest BCUT2D eigenvalue weighted by molar-refractivity contribution is -0.180. The third-order valence-corrected chi connectivity index (χ3v) is 6.29. The van der Waals surface area contributed by atoms with Gasteiger partial charge in [0.25, 0.3) is 5.91 Å². The summed E-state index contributed by atoms with van der Waals surface area (Å²) in [4.78, 5) is 28.7. The van der Waals surface area contributed by atoms with E-state index in [1.807, 2.05) is 68.7 Å². The summed E-state index contributed by atoms with van der Waals surface area (Å²) in [6.45, 7) is 10.5. The van der Waals surface area contributed by atoms with Crippen LogP contribution in [0.3, 0.4) is 0 Å². The van der Waals surface area contributed by atoms with E-state index in [2.05, 4.69) is 6.07 Å². The van der Waals surface area contributed by atoms with Gasteiger partial charge in [-0.05, 0) is 44.4 Å². The van der Waals surface area contributed by atoms with E-state index in [9.17, 15) is 14.9 Å². The van der Waals surface area contributed by atoms with E-state index in [-0.39, 0.29) is 25.0 Å². The molecule has 202 valence electrons. The van der Waals surface area contributed by atoms with Gasteiger partial charge in [-0.1, -0.05) is 56.3 Å². The van der Waals surface area contributed by atoms with Crippen molar-refractivity contribution in [3.63, 3.8) is 0 Å². The molecule has 8 nitrogen and oxygen atoms in total. The van der Waals surface area contributed by atoms with E-state index < -0.39 is 18.3 Å². The zero-order valence-electron chi connectivity index (χ0n) is 22.8. The van der Waals surface area contributed by atoms with Crippen LogP contribution in [0.5, 0.6) is 0 Å². The summed E-state index contributed by atoms with van der Waals surface area (Å²) in [5, 5.41) is 10.6. The number of nitrogens with zero attached hydrogens (tertiary/aromatic N) is 3. The van der Waals surface area contributed by atoms with Gasteiger partial charge in [-0.25, -0.2) is 0 Å². The van der Waals surface area contributed by atoms with Gasteiger partial charge < -0.3 is 23.7 Å². The molecule has 8 heteroatoms. The van der Waals surface area contributed by atoms with Gasteiger partial charge in [0.15, 0.2) is 6.29 Å². The molecule has 0 aliphatic rings. The Bertz CT molecular complexity index is 1260. The highest BCUT2D eigenvalue weighted by atomic mass is 16.7. The van der Waals surface area contributed by atoms with Crippen molar-refractivity contribution in [2.75, 3.05) is 26.4 Å². The van der Waals surface area contributed by atoms with Crippen molar-refractivity contribution in [2.24, 2.45) is 5.92 Å². The molecule has 0 radical (unpaired) electrons. The van der Waals surface area contributed by atoms with Gasteiger partial charge in [-0.3, -0.25) is 9.59 Å². The van der Waals surface area contributed by atoms with Crippen LogP contribution in [0, 0.1) is 17.2 Å². The minimum absolute atomic E-state index is 0.0990. The van der Waals surface area contributed by atoms with Crippen LogP contribution in [-0.2, 0) is 25.5 Å². The van der Waals surface area contributed by atoms with Crippen molar-refractivity contribution in [3.05, 3.63) is 71.4 Å². The van der Waals surface area contributed by atoms with Gasteiger partial charge in [0.1, 0.15) is 18.3 Å². The van der Waals surface area contributed by atoms with Gasteiger partial charge in [0, 0.05) is 25.1 Å². The molecule has 3 rings (SSSR count). The molecular formula is C30H37N3O5. The van der Waals surface area contributed by atoms with Crippen LogP contribution in [0.25, 0.3) is 10.9 Å². The van der Waals surface area contributed by atoms with Crippen molar-refractivity contribution < 1.29 is 23.8 Å². The second-order valence-electron chi connectivity index (χ2n) is 9.21. The fraction of sp³-hybridized carbons (Fsp3) is 0.433. The molecule has 1 heterocycles. The highest BCUT2D eigenvalue weighted by molar-refractivity contribution is 6.01. The Morgan fingerprint density at radius 2 is 1.66 bits per heavy atom. The monoisotopic (exact) mass is 519 g/mol. The largest absolute Gasteiger partial charge is 0.465 e. The number of benzene rings is 2. The highest BCUT2D eigenvalue weighted by Gasteiger charge is 2.38. The third-order valence-electron chi connectivity index (χ3n) is 6.29. The smallest absolute Gasteiger partial charge is 0.325 e. The summed E-state index contributed by atoms with van der Waals surface area (Å²) in [5.41, 5.74) is 2.49. The van der Waals surface area contributed by atoms with Crippen LogP contribution in [0.2, 0.25) is 0 Å². The predicted molar refractivity (Wildman–Crippen MR) is 146 cm³/mol. The first-order valence-corrected chi connectivity index (χ1v) is 13.1. The van der Waals surface area contributed by atoms with Gasteiger partial charge in [-0.15, -0.1) is 0 Å². The fourth-order valence-electron chi connectivity index (χ4n) is 4.72. The topological polar surface area (TPSA) is 93.8 Å². The maximum Gasteiger partial charge on any atom is 0.325 e. The molecule has 0 saturated carbocycles. The van der Waals surface area contributed by atoms with Gasteiger partial charge >= 0.3 is 5.97 Å². The Balaban J connectivity index is 2.20. The van der Waals surface area contributed by atoms with Crippen LogP contribution in [0.15, 0.2) is 54.6 Å². The lowest BCUT2D eigenvalue weighted by atomic mass is 10.0. The molecule has 0 aliphatic heterocycles. The average molecular weight is 520 g/mol. The van der Waals surface area contributed by atoms with E-state index in [0.717, 1.165) is 10.9 Å². The maximum absolute atomic E-state index is 14.4. The number of esters is 1. The molecule has 38 heavy (non-hydrogen) atoms. The number of nitriles is 1.